The third kappa shape index (κ3) is 3.54. The Balaban J connectivity index is 1.83. The lowest BCUT2D eigenvalue weighted by molar-refractivity contribution is 0.315. The van der Waals surface area contributed by atoms with Crippen molar-refractivity contribution < 1.29 is 8.42 Å². The van der Waals surface area contributed by atoms with E-state index < -0.39 is 10.0 Å². The van der Waals surface area contributed by atoms with E-state index in [1.165, 1.54) is 7.05 Å². The van der Waals surface area contributed by atoms with Crippen molar-refractivity contribution in [3.8, 4) is 11.4 Å². The van der Waals surface area contributed by atoms with E-state index in [0.29, 0.717) is 28.8 Å². The Labute approximate surface area is 170 Å². The highest BCUT2D eigenvalue weighted by molar-refractivity contribution is 7.89. The number of anilines is 2. The molecule has 1 aliphatic rings. The molecule has 1 saturated heterocycles. The van der Waals surface area contributed by atoms with Crippen molar-refractivity contribution in [3.05, 3.63) is 30.5 Å². The molecule has 29 heavy (non-hydrogen) atoms. The lowest BCUT2D eigenvalue weighted by atomic mass is 10.2. The minimum atomic E-state index is -3.56. The molecule has 0 amide bonds. The summed E-state index contributed by atoms with van der Waals surface area (Å²) < 4.78 is 26.7. The first-order valence-corrected chi connectivity index (χ1v) is 10.9. The van der Waals surface area contributed by atoms with E-state index in [9.17, 15) is 8.42 Å². The van der Waals surface area contributed by atoms with Gasteiger partial charge >= 0.3 is 0 Å². The molecule has 1 fully saturated rings. The van der Waals surface area contributed by atoms with Crippen molar-refractivity contribution >= 4 is 32.6 Å². The van der Waals surface area contributed by atoms with E-state index in [2.05, 4.69) is 38.6 Å². The number of nitrogens with one attached hydrogen (secondary N) is 2. The third-order valence-corrected chi connectivity index (χ3v) is 6.82. The Hall–Kier alpha value is -2.69. The first kappa shape index (κ1) is 19.6. The zero-order valence-electron chi connectivity index (χ0n) is 16.7. The van der Waals surface area contributed by atoms with Crippen molar-refractivity contribution in [1.82, 2.24) is 24.6 Å². The lowest BCUT2D eigenvalue weighted by Crippen LogP contribution is -2.31. The highest BCUT2D eigenvalue weighted by Gasteiger charge is 2.28. The van der Waals surface area contributed by atoms with Crippen LogP contribution >= 0.6 is 0 Å². The fourth-order valence-electron chi connectivity index (χ4n) is 3.67. The number of aromatic nitrogens is 3. The van der Waals surface area contributed by atoms with Crippen molar-refractivity contribution in [1.29, 1.82) is 0 Å². The molecule has 0 saturated carbocycles. The van der Waals surface area contributed by atoms with Gasteiger partial charge < -0.3 is 20.5 Å². The van der Waals surface area contributed by atoms with Gasteiger partial charge in [0, 0.05) is 30.9 Å². The number of sulfonamides is 1. The number of nitrogen functional groups attached to an aromatic ring is 1. The largest absolute Gasteiger partial charge is 0.397 e. The maximum atomic E-state index is 12.2. The average Bonchev–Trinajstić information content (AvgIpc) is 3.35. The van der Waals surface area contributed by atoms with E-state index >= 15 is 0 Å². The molecule has 2 aromatic heterocycles. The first-order valence-electron chi connectivity index (χ1n) is 9.40. The van der Waals surface area contributed by atoms with Gasteiger partial charge in [-0.15, -0.1) is 0 Å². The molecule has 3 aromatic rings. The summed E-state index contributed by atoms with van der Waals surface area (Å²) in [5.74, 6) is 1.23. The predicted octanol–water partition coefficient (Wildman–Crippen LogP) is 1.26. The van der Waals surface area contributed by atoms with Crippen LogP contribution in [0.1, 0.15) is 6.42 Å². The van der Waals surface area contributed by atoms with Crippen LogP contribution in [-0.2, 0) is 10.0 Å². The monoisotopic (exact) mass is 415 g/mol. The number of nitrogens with two attached hydrogens (primary N) is 1. The molecular formula is C19H25N7O2S. The summed E-state index contributed by atoms with van der Waals surface area (Å²) in [6.07, 6.45) is 2.75. The molecule has 0 unspecified atom stereocenters. The van der Waals surface area contributed by atoms with Crippen LogP contribution in [0.5, 0.6) is 0 Å². The van der Waals surface area contributed by atoms with E-state index in [0.717, 1.165) is 30.7 Å². The number of nitrogens with zero attached hydrogens (tertiary/aromatic N) is 4. The molecule has 4 rings (SSSR count). The number of hydrogen-bond donors (Lipinski definition) is 3. The molecule has 1 aliphatic heterocycles. The quantitative estimate of drug-likeness (QED) is 0.574. The molecule has 0 radical (unpaired) electrons. The second kappa shape index (κ2) is 7.29. The van der Waals surface area contributed by atoms with Crippen LogP contribution in [0.2, 0.25) is 0 Å². The number of benzene rings is 1. The van der Waals surface area contributed by atoms with Crippen LogP contribution in [-0.4, -0.2) is 68.5 Å². The van der Waals surface area contributed by atoms with Gasteiger partial charge in [0.15, 0.2) is 5.82 Å². The second-order valence-electron chi connectivity index (χ2n) is 7.43. The standard InChI is InChI=1S/C19H25N7O2S/c1-21-29(27,28)14-6-4-5-12(9-14)17-23-18-16(15(20)10-22-18)19(24-17)26-8-7-13(11-26)25(2)3/h4-6,9-10,13,21H,7-8,11,20H2,1-3H3,(H,22,23,24)/t13-/m1/s1. The van der Waals surface area contributed by atoms with Gasteiger partial charge in [0.1, 0.15) is 11.5 Å². The Kier molecular flexibility index (Phi) is 4.93. The van der Waals surface area contributed by atoms with E-state index in [-0.39, 0.29) is 4.90 Å². The van der Waals surface area contributed by atoms with Crippen LogP contribution < -0.4 is 15.4 Å². The molecule has 9 nitrogen and oxygen atoms in total. The summed E-state index contributed by atoms with van der Waals surface area (Å²) in [6.45, 7) is 1.71. The van der Waals surface area contributed by atoms with Crippen LogP contribution in [0.4, 0.5) is 11.5 Å². The van der Waals surface area contributed by atoms with Crippen molar-refractivity contribution in [2.75, 3.05) is 44.9 Å². The number of hydrogen-bond acceptors (Lipinski definition) is 7. The van der Waals surface area contributed by atoms with E-state index in [1.807, 2.05) is 0 Å². The van der Waals surface area contributed by atoms with Crippen molar-refractivity contribution in [2.24, 2.45) is 0 Å². The molecule has 0 bridgehead atoms. The number of rotatable bonds is 5. The molecule has 154 valence electrons. The maximum absolute atomic E-state index is 12.2. The zero-order valence-corrected chi connectivity index (χ0v) is 17.5. The lowest BCUT2D eigenvalue weighted by Gasteiger charge is -2.22. The average molecular weight is 416 g/mol. The van der Waals surface area contributed by atoms with Crippen LogP contribution in [0, 0.1) is 0 Å². The smallest absolute Gasteiger partial charge is 0.240 e. The summed E-state index contributed by atoms with van der Waals surface area (Å²) in [5.41, 5.74) is 8.05. The minimum absolute atomic E-state index is 0.169. The molecule has 3 heterocycles. The normalized spacial score (nSPS) is 17.5. The maximum Gasteiger partial charge on any atom is 0.240 e. The number of H-pyrrole nitrogens is 1. The van der Waals surface area contributed by atoms with Gasteiger partial charge in [-0.25, -0.2) is 23.1 Å². The van der Waals surface area contributed by atoms with Gasteiger partial charge in [0.25, 0.3) is 0 Å². The molecule has 4 N–H and O–H groups in total. The summed E-state index contributed by atoms with van der Waals surface area (Å²) in [7, 11) is 1.98. The van der Waals surface area contributed by atoms with Crippen LogP contribution in [0.3, 0.4) is 0 Å². The van der Waals surface area contributed by atoms with Crippen molar-refractivity contribution in [3.63, 3.8) is 0 Å². The number of aromatic amines is 1. The van der Waals surface area contributed by atoms with E-state index in [4.69, 9.17) is 10.7 Å². The van der Waals surface area contributed by atoms with Gasteiger partial charge in [-0.2, -0.15) is 0 Å². The molecule has 1 atom stereocenters. The fourth-order valence-corrected chi connectivity index (χ4v) is 4.45. The summed E-state index contributed by atoms with van der Waals surface area (Å²) in [5, 5.41) is 0.798. The molecule has 10 heteroatoms. The third-order valence-electron chi connectivity index (χ3n) is 5.41. The zero-order chi connectivity index (χ0) is 20.8. The molecular weight excluding hydrogens is 390 g/mol. The summed E-state index contributed by atoms with van der Waals surface area (Å²) in [4.78, 5) is 17.1. The van der Waals surface area contributed by atoms with Gasteiger partial charge in [0.05, 0.1) is 16.0 Å². The topological polar surface area (TPSA) is 120 Å². The summed E-state index contributed by atoms with van der Waals surface area (Å²) >= 11 is 0. The molecule has 1 aromatic carbocycles. The van der Waals surface area contributed by atoms with Crippen LogP contribution in [0.25, 0.3) is 22.4 Å². The number of likely N-dealkylation sites (N-methyl/N-ethyl adjacent to an activating group) is 1. The Morgan fingerprint density at radius 3 is 2.79 bits per heavy atom. The Morgan fingerprint density at radius 1 is 1.31 bits per heavy atom. The van der Waals surface area contributed by atoms with Crippen LogP contribution in [0.15, 0.2) is 35.4 Å². The second-order valence-corrected chi connectivity index (χ2v) is 9.31. The van der Waals surface area contributed by atoms with E-state index in [1.54, 1.807) is 30.5 Å². The van der Waals surface area contributed by atoms with Gasteiger partial charge in [-0.3, -0.25) is 0 Å². The van der Waals surface area contributed by atoms with Crippen molar-refractivity contribution in [2.45, 2.75) is 17.4 Å². The SMILES string of the molecule is CNS(=O)(=O)c1cccc(-c2nc(N3CC[C@@H](N(C)C)C3)c3c(N)c[nH]c3n2)c1. The first-order chi connectivity index (χ1) is 13.8. The van der Waals surface area contributed by atoms with Gasteiger partial charge in [0.2, 0.25) is 10.0 Å². The Bertz CT molecular complexity index is 1160. The highest BCUT2D eigenvalue weighted by Crippen LogP contribution is 2.33. The molecule has 0 spiro atoms. The fraction of sp³-hybridized carbons (Fsp3) is 0.368. The van der Waals surface area contributed by atoms with Gasteiger partial charge in [-0.1, -0.05) is 12.1 Å². The Morgan fingerprint density at radius 2 is 2.10 bits per heavy atom. The molecule has 0 aliphatic carbocycles. The minimum Gasteiger partial charge on any atom is -0.397 e. The highest BCUT2D eigenvalue weighted by atomic mass is 32.2. The van der Waals surface area contributed by atoms with Gasteiger partial charge in [-0.05, 0) is 39.7 Å². The predicted molar refractivity (Wildman–Crippen MR) is 114 cm³/mol. The number of fused-ring (bicyclic) bond motifs is 1. The summed E-state index contributed by atoms with van der Waals surface area (Å²) in [6, 6.07) is 7.05.